The number of aromatic nitrogens is 1. The third kappa shape index (κ3) is 2.96. The third-order valence-electron chi connectivity index (χ3n) is 2.05. The zero-order valence-electron chi connectivity index (χ0n) is 8.61. The van der Waals surface area contributed by atoms with Gasteiger partial charge in [-0.05, 0) is 11.6 Å². The van der Waals surface area contributed by atoms with Crippen molar-refractivity contribution in [1.29, 1.82) is 0 Å². The van der Waals surface area contributed by atoms with E-state index in [0.29, 0.717) is 0 Å². The van der Waals surface area contributed by atoms with Crippen molar-refractivity contribution in [2.75, 3.05) is 0 Å². The molecule has 5 heteroatoms. The molecule has 0 unspecified atom stereocenters. The van der Waals surface area contributed by atoms with Crippen molar-refractivity contribution in [3.8, 4) is 0 Å². The predicted molar refractivity (Wildman–Crippen MR) is 56.9 cm³/mol. The third-order valence-corrected chi connectivity index (χ3v) is 2.05. The fourth-order valence-corrected chi connectivity index (χ4v) is 1.25. The molecule has 17 heavy (non-hydrogen) atoms. The molecule has 1 heterocycles. The van der Waals surface area contributed by atoms with Crippen LogP contribution < -0.4 is 0 Å². The van der Waals surface area contributed by atoms with E-state index in [0.717, 1.165) is 11.6 Å². The summed E-state index contributed by atoms with van der Waals surface area (Å²) in [5, 5.41) is 3.32. The smallest absolute Gasteiger partial charge is 0.351 e. The largest absolute Gasteiger partial charge is 0.452 e. The van der Waals surface area contributed by atoms with E-state index in [1.165, 1.54) is 6.08 Å². The Kier molecular flexibility index (Phi) is 2.99. The van der Waals surface area contributed by atoms with Gasteiger partial charge in [-0.1, -0.05) is 41.6 Å². The monoisotopic (exact) mass is 239 g/mol. The highest BCUT2D eigenvalue weighted by atomic mass is 19.4. The van der Waals surface area contributed by atoms with Gasteiger partial charge >= 0.3 is 6.18 Å². The van der Waals surface area contributed by atoms with Crippen LogP contribution in [0.5, 0.6) is 0 Å². The van der Waals surface area contributed by atoms with Gasteiger partial charge in [0.2, 0.25) is 5.76 Å². The molecule has 0 radical (unpaired) electrons. The van der Waals surface area contributed by atoms with Gasteiger partial charge in [0.05, 0.1) is 0 Å². The van der Waals surface area contributed by atoms with Crippen LogP contribution in [-0.2, 0) is 6.18 Å². The van der Waals surface area contributed by atoms with Crippen LogP contribution in [0.2, 0.25) is 0 Å². The average molecular weight is 239 g/mol. The molecule has 1 aromatic carbocycles. The van der Waals surface area contributed by atoms with Gasteiger partial charge in [0.1, 0.15) is 5.69 Å². The number of hydrogen-bond donors (Lipinski definition) is 0. The van der Waals surface area contributed by atoms with Gasteiger partial charge in [-0.2, -0.15) is 13.2 Å². The molecular formula is C12H8F3NO. The highest BCUT2D eigenvalue weighted by molar-refractivity contribution is 5.67. The molecular weight excluding hydrogens is 231 g/mol. The molecule has 0 saturated carbocycles. The number of hydrogen-bond acceptors (Lipinski definition) is 2. The molecule has 0 aliphatic heterocycles. The molecule has 0 saturated heterocycles. The first-order valence-corrected chi connectivity index (χ1v) is 4.83. The van der Waals surface area contributed by atoms with Crippen molar-refractivity contribution in [1.82, 2.24) is 5.16 Å². The van der Waals surface area contributed by atoms with E-state index in [4.69, 9.17) is 0 Å². The first-order valence-electron chi connectivity index (χ1n) is 4.83. The lowest BCUT2D eigenvalue weighted by molar-refractivity contribution is -0.155. The summed E-state index contributed by atoms with van der Waals surface area (Å²) in [7, 11) is 0. The minimum atomic E-state index is -4.49. The fourth-order valence-electron chi connectivity index (χ4n) is 1.25. The van der Waals surface area contributed by atoms with Crippen LogP contribution in [0.4, 0.5) is 13.2 Å². The van der Waals surface area contributed by atoms with Crippen LogP contribution in [0.3, 0.4) is 0 Å². The summed E-state index contributed by atoms with van der Waals surface area (Å²) in [6.45, 7) is 0. The first-order chi connectivity index (χ1) is 8.05. The van der Waals surface area contributed by atoms with Crippen LogP contribution in [0.15, 0.2) is 40.9 Å². The molecule has 2 aromatic rings. The molecule has 0 spiro atoms. The summed E-state index contributed by atoms with van der Waals surface area (Å²) in [5.74, 6) is -1.09. The Labute approximate surface area is 95.4 Å². The minimum absolute atomic E-state index is 0.140. The van der Waals surface area contributed by atoms with Gasteiger partial charge < -0.3 is 4.52 Å². The Hall–Kier alpha value is -2.04. The maximum absolute atomic E-state index is 12.2. The first kappa shape index (κ1) is 11.4. The topological polar surface area (TPSA) is 26.0 Å². The maximum Gasteiger partial charge on any atom is 0.452 e. The molecule has 1 aromatic heterocycles. The van der Waals surface area contributed by atoms with Crippen molar-refractivity contribution in [2.24, 2.45) is 0 Å². The number of nitrogens with zero attached hydrogens (tertiary/aromatic N) is 1. The molecule has 0 amide bonds. The summed E-state index contributed by atoms with van der Waals surface area (Å²) in [6, 6.07) is 10.1. The second-order valence-electron chi connectivity index (χ2n) is 3.36. The second-order valence-corrected chi connectivity index (χ2v) is 3.36. The van der Waals surface area contributed by atoms with Crippen molar-refractivity contribution < 1.29 is 17.7 Å². The van der Waals surface area contributed by atoms with E-state index < -0.39 is 11.9 Å². The molecule has 0 N–H and O–H groups in total. The number of halogens is 3. The van der Waals surface area contributed by atoms with Crippen molar-refractivity contribution in [2.45, 2.75) is 6.18 Å². The van der Waals surface area contributed by atoms with E-state index in [2.05, 4.69) is 9.68 Å². The summed E-state index contributed by atoms with van der Waals surface area (Å²) < 4.78 is 40.8. The molecule has 0 bridgehead atoms. The van der Waals surface area contributed by atoms with Crippen molar-refractivity contribution in [3.63, 3.8) is 0 Å². The summed E-state index contributed by atoms with van der Waals surface area (Å²) in [5.41, 5.74) is 1.02. The van der Waals surface area contributed by atoms with Crippen LogP contribution >= 0.6 is 0 Å². The second kappa shape index (κ2) is 4.45. The van der Waals surface area contributed by atoms with E-state index in [-0.39, 0.29) is 5.69 Å². The van der Waals surface area contributed by atoms with E-state index in [1.807, 2.05) is 30.3 Å². The van der Waals surface area contributed by atoms with Gasteiger partial charge in [-0.3, -0.25) is 0 Å². The van der Waals surface area contributed by atoms with Gasteiger partial charge in [-0.15, -0.1) is 0 Å². The van der Waals surface area contributed by atoms with Crippen LogP contribution in [0.1, 0.15) is 17.0 Å². The maximum atomic E-state index is 12.2. The minimum Gasteiger partial charge on any atom is -0.351 e. The van der Waals surface area contributed by atoms with Crippen LogP contribution in [0.25, 0.3) is 12.2 Å². The number of benzene rings is 1. The van der Waals surface area contributed by atoms with Crippen molar-refractivity contribution in [3.05, 3.63) is 53.4 Å². The number of alkyl halides is 3. The summed E-state index contributed by atoms with van der Waals surface area (Å²) in [6.07, 6.45) is -1.36. The molecule has 88 valence electrons. The van der Waals surface area contributed by atoms with Crippen LogP contribution in [0, 0.1) is 0 Å². The zero-order valence-corrected chi connectivity index (χ0v) is 8.61. The van der Waals surface area contributed by atoms with Gasteiger partial charge in [0.15, 0.2) is 0 Å². The van der Waals surface area contributed by atoms with Crippen molar-refractivity contribution >= 4 is 12.2 Å². The summed E-state index contributed by atoms with van der Waals surface area (Å²) >= 11 is 0. The Balaban J connectivity index is 2.15. The highest BCUT2D eigenvalue weighted by Gasteiger charge is 2.35. The lowest BCUT2D eigenvalue weighted by atomic mass is 10.2. The normalized spacial score (nSPS) is 12.2. The zero-order chi connectivity index (χ0) is 12.3. The molecule has 0 aliphatic rings. The Morgan fingerprint density at radius 2 is 1.76 bits per heavy atom. The Morgan fingerprint density at radius 1 is 1.06 bits per heavy atom. The average Bonchev–Trinajstić information content (AvgIpc) is 2.76. The van der Waals surface area contributed by atoms with E-state index in [1.54, 1.807) is 6.08 Å². The molecule has 0 aliphatic carbocycles. The van der Waals surface area contributed by atoms with Gasteiger partial charge in [0.25, 0.3) is 0 Å². The lowest BCUT2D eigenvalue weighted by Gasteiger charge is -1.97. The van der Waals surface area contributed by atoms with Crippen LogP contribution in [-0.4, -0.2) is 5.16 Å². The quantitative estimate of drug-likeness (QED) is 0.795. The highest BCUT2D eigenvalue weighted by Crippen LogP contribution is 2.29. The van der Waals surface area contributed by atoms with E-state index in [9.17, 15) is 13.2 Å². The molecule has 0 fully saturated rings. The fraction of sp³-hybridized carbons (Fsp3) is 0.0833. The molecule has 2 nitrogen and oxygen atoms in total. The standard InChI is InChI=1S/C12H8F3NO/c13-12(14,15)11-8-10(16-17-11)7-6-9-4-2-1-3-5-9/h1-8H/b7-6+. The lowest BCUT2D eigenvalue weighted by Crippen LogP contribution is -2.02. The molecule has 2 rings (SSSR count). The summed E-state index contributed by atoms with van der Waals surface area (Å²) in [4.78, 5) is 0. The van der Waals surface area contributed by atoms with Gasteiger partial charge in [-0.25, -0.2) is 0 Å². The van der Waals surface area contributed by atoms with Gasteiger partial charge in [0, 0.05) is 6.07 Å². The Morgan fingerprint density at radius 3 is 2.35 bits per heavy atom. The SMILES string of the molecule is FC(F)(F)c1cc(/C=C/c2ccccc2)no1. The Bertz CT molecular complexity index is 514. The number of rotatable bonds is 2. The predicted octanol–water partition coefficient (Wildman–Crippen LogP) is 3.86. The molecule has 0 atom stereocenters. The van der Waals surface area contributed by atoms with E-state index >= 15 is 0 Å².